The van der Waals surface area contributed by atoms with Gasteiger partial charge in [0.2, 0.25) is 0 Å². The zero-order valence-electron chi connectivity index (χ0n) is 15.6. The number of hydrogen-bond acceptors (Lipinski definition) is 5. The van der Waals surface area contributed by atoms with Gasteiger partial charge in [0.1, 0.15) is 0 Å². The van der Waals surface area contributed by atoms with Gasteiger partial charge in [0.05, 0.1) is 6.61 Å². The van der Waals surface area contributed by atoms with Crippen LogP contribution in [0, 0.1) is 0 Å². The smallest absolute Gasteiger partial charge is 0.293 e. The number of nitrogens with one attached hydrogen (secondary N) is 1. The molecule has 1 fully saturated rings. The van der Waals surface area contributed by atoms with Gasteiger partial charge in [-0.2, -0.15) is 0 Å². The lowest BCUT2D eigenvalue weighted by Gasteiger charge is -2.35. The molecular weight excluding hydrogens is 328 g/mol. The topological polar surface area (TPSA) is 59.4 Å². The molecule has 1 aliphatic heterocycles. The lowest BCUT2D eigenvalue weighted by atomic mass is 10.0. The molecular formula is C20H28N4O2. The summed E-state index contributed by atoms with van der Waals surface area (Å²) in [5.74, 6) is 0.549. The molecule has 2 heterocycles. The van der Waals surface area contributed by atoms with Crippen molar-refractivity contribution in [2.24, 2.45) is 7.05 Å². The van der Waals surface area contributed by atoms with Gasteiger partial charge in [-0.3, -0.25) is 4.79 Å². The molecule has 0 bridgehead atoms. The van der Waals surface area contributed by atoms with Gasteiger partial charge in [-0.1, -0.05) is 30.3 Å². The van der Waals surface area contributed by atoms with E-state index >= 15 is 0 Å². The molecule has 6 nitrogen and oxygen atoms in total. The molecule has 140 valence electrons. The number of hydrogen-bond donors (Lipinski definition) is 1. The van der Waals surface area contributed by atoms with Gasteiger partial charge in [-0.15, -0.1) is 0 Å². The fraction of sp³-hybridized carbons (Fsp3) is 0.500. The van der Waals surface area contributed by atoms with Gasteiger partial charge in [-0.05, 0) is 24.8 Å². The maximum absolute atomic E-state index is 12.4. The van der Waals surface area contributed by atoms with Gasteiger partial charge in [0.25, 0.3) is 5.56 Å². The number of rotatable bonds is 7. The minimum Gasteiger partial charge on any atom is -0.383 e. The van der Waals surface area contributed by atoms with E-state index < -0.39 is 0 Å². The highest BCUT2D eigenvalue weighted by Gasteiger charge is 2.25. The summed E-state index contributed by atoms with van der Waals surface area (Å²) in [6, 6.07) is 11.0. The van der Waals surface area contributed by atoms with Crippen molar-refractivity contribution in [1.82, 2.24) is 14.9 Å². The summed E-state index contributed by atoms with van der Waals surface area (Å²) in [4.78, 5) is 18.8. The number of methoxy groups -OCH3 is 1. The van der Waals surface area contributed by atoms with E-state index in [0.29, 0.717) is 18.5 Å². The number of aromatic nitrogens is 2. The van der Waals surface area contributed by atoms with Crippen LogP contribution in [0.5, 0.6) is 0 Å². The molecule has 1 aromatic heterocycles. The number of aryl methyl sites for hydroxylation is 1. The molecule has 0 radical (unpaired) electrons. The predicted octanol–water partition coefficient (Wildman–Crippen LogP) is 1.60. The van der Waals surface area contributed by atoms with Crippen LogP contribution in [0.15, 0.2) is 47.5 Å². The Morgan fingerprint density at radius 2 is 2.15 bits per heavy atom. The van der Waals surface area contributed by atoms with E-state index in [2.05, 4.69) is 39.5 Å². The molecule has 2 atom stereocenters. The van der Waals surface area contributed by atoms with Crippen molar-refractivity contribution in [2.45, 2.75) is 31.3 Å². The Balaban J connectivity index is 1.66. The molecule has 6 heteroatoms. The van der Waals surface area contributed by atoms with E-state index in [1.54, 1.807) is 31.1 Å². The van der Waals surface area contributed by atoms with Crippen molar-refractivity contribution in [2.75, 3.05) is 31.7 Å². The molecule has 26 heavy (non-hydrogen) atoms. The van der Waals surface area contributed by atoms with Crippen LogP contribution in [-0.4, -0.2) is 48.4 Å². The Bertz CT molecular complexity index is 747. The molecule has 0 amide bonds. The maximum Gasteiger partial charge on any atom is 0.293 e. The first kappa shape index (κ1) is 18.6. The van der Waals surface area contributed by atoms with Crippen molar-refractivity contribution in [3.63, 3.8) is 0 Å². The number of benzene rings is 1. The zero-order chi connectivity index (χ0) is 18.4. The molecule has 0 saturated carbocycles. The molecule has 3 rings (SSSR count). The van der Waals surface area contributed by atoms with Crippen LogP contribution >= 0.6 is 0 Å². The Morgan fingerprint density at radius 1 is 1.35 bits per heavy atom. The normalized spacial score (nSPS) is 18.7. The average Bonchev–Trinajstić information content (AvgIpc) is 2.65. The minimum absolute atomic E-state index is 0.0362. The van der Waals surface area contributed by atoms with E-state index in [0.717, 1.165) is 32.4 Å². The van der Waals surface area contributed by atoms with E-state index in [1.165, 1.54) is 5.56 Å². The summed E-state index contributed by atoms with van der Waals surface area (Å²) >= 11 is 0. The highest BCUT2D eigenvalue weighted by atomic mass is 16.5. The first-order valence-electron chi connectivity index (χ1n) is 9.23. The first-order valence-corrected chi connectivity index (χ1v) is 9.23. The summed E-state index contributed by atoms with van der Waals surface area (Å²) in [5, 5.41) is 3.74. The highest BCUT2D eigenvalue weighted by Crippen LogP contribution is 2.16. The molecule has 1 aliphatic rings. The van der Waals surface area contributed by atoms with Crippen LogP contribution in [0.1, 0.15) is 18.4 Å². The fourth-order valence-electron chi connectivity index (χ4n) is 3.61. The van der Waals surface area contributed by atoms with E-state index in [-0.39, 0.29) is 11.6 Å². The molecule has 2 aromatic rings. The monoisotopic (exact) mass is 356 g/mol. The van der Waals surface area contributed by atoms with Crippen molar-refractivity contribution >= 4 is 5.82 Å². The Morgan fingerprint density at radius 3 is 2.92 bits per heavy atom. The third-order valence-electron chi connectivity index (χ3n) is 4.88. The lowest BCUT2D eigenvalue weighted by Crippen LogP contribution is -2.52. The molecule has 0 unspecified atom stereocenters. The maximum atomic E-state index is 12.4. The van der Waals surface area contributed by atoms with Gasteiger partial charge in [0.15, 0.2) is 5.82 Å². The second-order valence-electron chi connectivity index (χ2n) is 6.96. The number of nitrogens with zero attached hydrogens (tertiary/aromatic N) is 3. The second kappa shape index (κ2) is 8.96. The third kappa shape index (κ3) is 4.71. The average molecular weight is 356 g/mol. The molecule has 1 aromatic carbocycles. The fourth-order valence-corrected chi connectivity index (χ4v) is 3.61. The minimum atomic E-state index is -0.0362. The summed E-state index contributed by atoms with van der Waals surface area (Å²) in [5.41, 5.74) is 1.26. The molecule has 0 aliphatic carbocycles. The summed E-state index contributed by atoms with van der Waals surface area (Å²) in [7, 11) is 3.51. The Labute approximate surface area is 154 Å². The van der Waals surface area contributed by atoms with Crippen molar-refractivity contribution in [3.05, 3.63) is 58.6 Å². The summed E-state index contributed by atoms with van der Waals surface area (Å²) in [6.07, 6.45) is 6.45. The standard InChI is InChI=1S/C20H28N4O2/c1-23-12-10-21-19(20(23)25)24-11-6-9-17(14-24)22-18(15-26-2)13-16-7-4-3-5-8-16/h3-5,7-8,10,12,17-18,22H,6,9,11,13-15H2,1-2H3/t17-,18-/m0/s1. The number of anilines is 1. The van der Waals surface area contributed by atoms with Crippen LogP contribution in [0.2, 0.25) is 0 Å². The molecule has 1 N–H and O–H groups in total. The Kier molecular flexibility index (Phi) is 6.41. The van der Waals surface area contributed by atoms with Crippen LogP contribution in [0.25, 0.3) is 0 Å². The second-order valence-corrected chi connectivity index (χ2v) is 6.96. The van der Waals surface area contributed by atoms with E-state index in [4.69, 9.17) is 4.74 Å². The van der Waals surface area contributed by atoms with Crippen LogP contribution < -0.4 is 15.8 Å². The third-order valence-corrected chi connectivity index (χ3v) is 4.88. The van der Waals surface area contributed by atoms with Crippen molar-refractivity contribution in [1.29, 1.82) is 0 Å². The van der Waals surface area contributed by atoms with Crippen molar-refractivity contribution < 1.29 is 4.74 Å². The number of piperidine rings is 1. The van der Waals surface area contributed by atoms with Crippen LogP contribution in [0.4, 0.5) is 5.82 Å². The van der Waals surface area contributed by atoms with Gasteiger partial charge in [-0.25, -0.2) is 4.98 Å². The largest absolute Gasteiger partial charge is 0.383 e. The van der Waals surface area contributed by atoms with Crippen molar-refractivity contribution in [3.8, 4) is 0 Å². The number of ether oxygens (including phenoxy) is 1. The van der Waals surface area contributed by atoms with Crippen LogP contribution in [-0.2, 0) is 18.2 Å². The molecule has 0 spiro atoms. The highest BCUT2D eigenvalue weighted by molar-refractivity contribution is 5.36. The van der Waals surface area contributed by atoms with E-state index in [1.807, 2.05) is 6.07 Å². The summed E-state index contributed by atoms with van der Waals surface area (Å²) in [6.45, 7) is 2.33. The Hall–Kier alpha value is -2.18. The SMILES string of the molecule is COC[C@H](Cc1ccccc1)N[C@H]1CCCN(c2nccn(C)c2=O)C1. The first-order chi connectivity index (χ1) is 12.7. The summed E-state index contributed by atoms with van der Waals surface area (Å²) < 4.78 is 7.01. The van der Waals surface area contributed by atoms with Gasteiger partial charge in [0, 0.05) is 51.7 Å². The van der Waals surface area contributed by atoms with Gasteiger partial charge < -0.3 is 19.5 Å². The zero-order valence-corrected chi connectivity index (χ0v) is 15.6. The lowest BCUT2D eigenvalue weighted by molar-refractivity contribution is 0.157. The van der Waals surface area contributed by atoms with Gasteiger partial charge >= 0.3 is 0 Å². The van der Waals surface area contributed by atoms with E-state index in [9.17, 15) is 4.79 Å². The quantitative estimate of drug-likeness (QED) is 0.817. The molecule has 1 saturated heterocycles. The predicted molar refractivity (Wildman–Crippen MR) is 104 cm³/mol. The van der Waals surface area contributed by atoms with Crippen LogP contribution in [0.3, 0.4) is 0 Å².